The number of sulfonamides is 1. The van der Waals surface area contributed by atoms with Crippen LogP contribution < -0.4 is 5.14 Å². The van der Waals surface area contributed by atoms with Gasteiger partial charge < -0.3 is 0 Å². The fraction of sp³-hybridized carbons (Fsp3) is 0.0909. The van der Waals surface area contributed by atoms with E-state index in [2.05, 4.69) is 0 Å². The van der Waals surface area contributed by atoms with Crippen molar-refractivity contribution in [2.24, 2.45) is 5.14 Å². The summed E-state index contributed by atoms with van der Waals surface area (Å²) in [6.45, 7) is 1.94. The van der Waals surface area contributed by atoms with Crippen LogP contribution in [-0.2, 0) is 10.0 Å². The third-order valence-electron chi connectivity index (χ3n) is 2.32. The molecule has 0 radical (unpaired) electrons. The van der Waals surface area contributed by atoms with Crippen LogP contribution in [0.15, 0.2) is 39.9 Å². The predicted molar refractivity (Wildman–Crippen MR) is 65.9 cm³/mol. The van der Waals surface area contributed by atoms with Gasteiger partial charge >= 0.3 is 0 Å². The second-order valence-electron chi connectivity index (χ2n) is 3.48. The highest BCUT2D eigenvalue weighted by molar-refractivity contribution is 7.91. The zero-order valence-corrected chi connectivity index (χ0v) is 10.3. The lowest BCUT2D eigenvalue weighted by atomic mass is 10.0. The van der Waals surface area contributed by atoms with Crippen LogP contribution in [-0.4, -0.2) is 8.42 Å². The number of hydrogen-bond donors (Lipinski definition) is 1. The van der Waals surface area contributed by atoms with Crippen LogP contribution in [0.4, 0.5) is 0 Å². The van der Waals surface area contributed by atoms with Gasteiger partial charge in [0.1, 0.15) is 4.21 Å². The summed E-state index contributed by atoms with van der Waals surface area (Å²) in [6.07, 6.45) is 0. The molecule has 0 bridgehead atoms. The zero-order valence-electron chi connectivity index (χ0n) is 8.67. The Balaban J connectivity index is 2.68. The van der Waals surface area contributed by atoms with E-state index in [0.29, 0.717) is 5.56 Å². The Labute approximate surface area is 98.6 Å². The van der Waals surface area contributed by atoms with Crippen LogP contribution in [0, 0.1) is 6.92 Å². The number of aryl methyl sites for hydroxylation is 1. The summed E-state index contributed by atoms with van der Waals surface area (Å²) in [5.74, 6) is 0. The Kier molecular flexibility index (Phi) is 2.84. The molecule has 2 N–H and O–H groups in total. The lowest BCUT2D eigenvalue weighted by molar-refractivity contribution is 0.600. The molecule has 16 heavy (non-hydrogen) atoms. The van der Waals surface area contributed by atoms with Gasteiger partial charge in [-0.2, -0.15) is 0 Å². The van der Waals surface area contributed by atoms with Crippen molar-refractivity contribution in [3.63, 3.8) is 0 Å². The summed E-state index contributed by atoms with van der Waals surface area (Å²) in [7, 11) is -3.64. The van der Waals surface area contributed by atoms with Gasteiger partial charge in [0.05, 0.1) is 0 Å². The summed E-state index contributed by atoms with van der Waals surface area (Å²) in [4.78, 5) is 0. The molecule has 2 aromatic rings. The highest BCUT2D eigenvalue weighted by Crippen LogP contribution is 2.32. The fourth-order valence-corrected chi connectivity index (χ4v) is 3.41. The number of primary sulfonamides is 1. The molecule has 1 heterocycles. The molecular formula is C11H11NO2S2. The van der Waals surface area contributed by atoms with Crippen LogP contribution in [0.3, 0.4) is 0 Å². The van der Waals surface area contributed by atoms with Crippen molar-refractivity contribution < 1.29 is 8.42 Å². The van der Waals surface area contributed by atoms with Crippen LogP contribution >= 0.6 is 11.3 Å². The first-order valence-corrected chi connectivity index (χ1v) is 7.09. The van der Waals surface area contributed by atoms with E-state index in [-0.39, 0.29) is 4.21 Å². The van der Waals surface area contributed by atoms with Crippen LogP contribution in [0.25, 0.3) is 11.1 Å². The molecule has 0 aliphatic heterocycles. The topological polar surface area (TPSA) is 60.2 Å². The van der Waals surface area contributed by atoms with E-state index in [4.69, 9.17) is 5.14 Å². The van der Waals surface area contributed by atoms with E-state index in [0.717, 1.165) is 22.5 Å². The molecule has 1 aromatic heterocycles. The molecule has 0 saturated carbocycles. The summed E-state index contributed by atoms with van der Waals surface area (Å²) >= 11 is 1.15. The molecule has 0 aliphatic rings. The third-order valence-corrected chi connectivity index (χ3v) is 4.75. The van der Waals surface area contributed by atoms with E-state index in [1.807, 2.05) is 31.2 Å². The van der Waals surface area contributed by atoms with Gasteiger partial charge in [-0.15, -0.1) is 11.3 Å². The molecule has 0 unspecified atom stereocenters. The Morgan fingerprint density at radius 1 is 1.12 bits per heavy atom. The molecule has 0 amide bonds. The van der Waals surface area contributed by atoms with Gasteiger partial charge in [-0.1, -0.05) is 24.3 Å². The molecule has 0 aliphatic carbocycles. The van der Waals surface area contributed by atoms with Crippen LogP contribution in [0.2, 0.25) is 0 Å². The normalized spacial score (nSPS) is 11.6. The van der Waals surface area contributed by atoms with Crippen LogP contribution in [0.5, 0.6) is 0 Å². The second kappa shape index (κ2) is 4.01. The summed E-state index contributed by atoms with van der Waals surface area (Å²) < 4.78 is 23.0. The molecule has 0 atom stereocenters. The van der Waals surface area contributed by atoms with E-state index in [1.54, 1.807) is 11.4 Å². The van der Waals surface area contributed by atoms with Crippen molar-refractivity contribution in [2.75, 3.05) is 0 Å². The van der Waals surface area contributed by atoms with Gasteiger partial charge in [0, 0.05) is 5.56 Å². The number of hydrogen-bond acceptors (Lipinski definition) is 3. The van der Waals surface area contributed by atoms with E-state index in [1.165, 1.54) is 0 Å². The first-order chi connectivity index (χ1) is 7.50. The average molecular weight is 253 g/mol. The fourth-order valence-electron chi connectivity index (χ4n) is 1.59. The molecule has 0 saturated heterocycles. The molecule has 84 valence electrons. The van der Waals surface area contributed by atoms with Crippen molar-refractivity contribution in [1.29, 1.82) is 0 Å². The summed E-state index contributed by atoms with van der Waals surface area (Å²) in [5.41, 5.74) is 2.63. The SMILES string of the molecule is Cc1ccccc1-c1ccsc1S(N)(=O)=O. The van der Waals surface area contributed by atoms with Crippen molar-refractivity contribution in [1.82, 2.24) is 0 Å². The van der Waals surface area contributed by atoms with Gasteiger partial charge in [-0.3, -0.25) is 0 Å². The monoisotopic (exact) mass is 253 g/mol. The average Bonchev–Trinajstić information content (AvgIpc) is 2.66. The quantitative estimate of drug-likeness (QED) is 0.893. The first-order valence-electron chi connectivity index (χ1n) is 4.66. The highest BCUT2D eigenvalue weighted by atomic mass is 32.2. The summed E-state index contributed by atoms with van der Waals surface area (Å²) in [5, 5.41) is 6.91. The smallest absolute Gasteiger partial charge is 0.224 e. The third kappa shape index (κ3) is 2.02. The molecular weight excluding hydrogens is 242 g/mol. The number of thiophene rings is 1. The minimum atomic E-state index is -3.64. The minimum absolute atomic E-state index is 0.224. The maximum absolute atomic E-state index is 11.4. The Morgan fingerprint density at radius 3 is 2.44 bits per heavy atom. The van der Waals surface area contributed by atoms with Gasteiger partial charge in [0.25, 0.3) is 0 Å². The van der Waals surface area contributed by atoms with E-state index >= 15 is 0 Å². The van der Waals surface area contributed by atoms with Crippen molar-refractivity contribution in [2.45, 2.75) is 11.1 Å². The van der Waals surface area contributed by atoms with Crippen molar-refractivity contribution in [3.8, 4) is 11.1 Å². The molecule has 0 fully saturated rings. The van der Waals surface area contributed by atoms with Gasteiger partial charge in [0.15, 0.2) is 0 Å². The minimum Gasteiger partial charge on any atom is -0.224 e. The number of rotatable bonds is 2. The first kappa shape index (κ1) is 11.3. The van der Waals surface area contributed by atoms with E-state index in [9.17, 15) is 8.42 Å². The highest BCUT2D eigenvalue weighted by Gasteiger charge is 2.17. The Hall–Kier alpha value is -1.17. The molecule has 5 heteroatoms. The summed E-state index contributed by atoms with van der Waals surface area (Å²) in [6, 6.07) is 9.42. The van der Waals surface area contributed by atoms with E-state index < -0.39 is 10.0 Å². The van der Waals surface area contributed by atoms with Gasteiger partial charge in [-0.05, 0) is 29.5 Å². The molecule has 2 rings (SSSR count). The number of benzene rings is 1. The van der Waals surface area contributed by atoms with Crippen molar-refractivity contribution >= 4 is 21.4 Å². The standard InChI is InChI=1S/C11H11NO2S2/c1-8-4-2-3-5-9(8)10-6-7-15-11(10)16(12,13)14/h2-7H,1H3,(H2,12,13,14). The van der Waals surface area contributed by atoms with Crippen molar-refractivity contribution in [3.05, 3.63) is 41.3 Å². The zero-order chi connectivity index (χ0) is 11.8. The van der Waals surface area contributed by atoms with Gasteiger partial charge in [-0.25, -0.2) is 13.6 Å². The largest absolute Gasteiger partial charge is 0.248 e. The van der Waals surface area contributed by atoms with Crippen LogP contribution in [0.1, 0.15) is 5.56 Å². The maximum atomic E-state index is 11.4. The maximum Gasteiger partial charge on any atom is 0.248 e. The lowest BCUT2D eigenvalue weighted by Gasteiger charge is -2.05. The predicted octanol–water partition coefficient (Wildman–Crippen LogP) is 2.37. The molecule has 3 nitrogen and oxygen atoms in total. The molecule has 0 spiro atoms. The van der Waals surface area contributed by atoms with Gasteiger partial charge in [0.2, 0.25) is 10.0 Å². The molecule has 1 aromatic carbocycles. The second-order valence-corrected chi connectivity index (χ2v) is 6.15. The number of nitrogens with two attached hydrogens (primary N) is 1. The Bertz CT molecular complexity index is 614. The lowest BCUT2D eigenvalue weighted by Crippen LogP contribution is -2.11. The Morgan fingerprint density at radius 2 is 1.81 bits per heavy atom.